The summed E-state index contributed by atoms with van der Waals surface area (Å²) in [6.07, 6.45) is 2.59. The molecule has 2 aromatic rings. The summed E-state index contributed by atoms with van der Waals surface area (Å²) in [6.45, 7) is 0.731. The molecule has 4 nitrogen and oxygen atoms in total. The predicted molar refractivity (Wildman–Crippen MR) is 78.9 cm³/mol. The summed E-state index contributed by atoms with van der Waals surface area (Å²) in [5.41, 5.74) is 3.54. The molecule has 5 heteroatoms. The van der Waals surface area contributed by atoms with Gasteiger partial charge in [-0.3, -0.25) is 4.68 Å². The van der Waals surface area contributed by atoms with Gasteiger partial charge in [0.1, 0.15) is 6.10 Å². The van der Waals surface area contributed by atoms with Gasteiger partial charge >= 0.3 is 0 Å². The van der Waals surface area contributed by atoms with Gasteiger partial charge in [0.2, 0.25) is 0 Å². The second-order valence-electron chi connectivity index (χ2n) is 5.01. The zero-order valence-electron chi connectivity index (χ0n) is 11.6. The molecule has 3 rings (SSSR count). The lowest BCUT2D eigenvalue weighted by atomic mass is 9.92. The van der Waals surface area contributed by atoms with Gasteiger partial charge in [0.15, 0.2) is 0 Å². The monoisotopic (exact) mass is 291 g/mol. The van der Waals surface area contributed by atoms with Gasteiger partial charge in [-0.05, 0) is 24.6 Å². The van der Waals surface area contributed by atoms with Crippen molar-refractivity contribution in [3.8, 4) is 0 Å². The lowest BCUT2D eigenvalue weighted by molar-refractivity contribution is 0.0147. The standard InChI is InChI=1S/C15H18ClN3O/c1-17-13(14-12(16)9-18-19(14)2)15-11-6-4-3-5-10(11)7-8-20-15/h3-6,9,13,15,17H,7-8H2,1-2H3. The van der Waals surface area contributed by atoms with Crippen molar-refractivity contribution in [2.24, 2.45) is 7.05 Å². The molecule has 2 unspecified atom stereocenters. The van der Waals surface area contributed by atoms with Crippen LogP contribution in [0.1, 0.15) is 29.0 Å². The fraction of sp³-hybridized carbons (Fsp3) is 0.400. The number of fused-ring (bicyclic) bond motifs is 1. The molecule has 2 atom stereocenters. The third kappa shape index (κ3) is 2.24. The molecule has 2 heterocycles. The number of halogens is 1. The highest BCUT2D eigenvalue weighted by molar-refractivity contribution is 6.31. The number of aryl methyl sites for hydroxylation is 1. The van der Waals surface area contributed by atoms with Crippen molar-refractivity contribution in [2.45, 2.75) is 18.6 Å². The van der Waals surface area contributed by atoms with E-state index in [0.717, 1.165) is 18.7 Å². The van der Waals surface area contributed by atoms with Crippen LogP contribution in [-0.2, 0) is 18.2 Å². The highest BCUT2D eigenvalue weighted by Crippen LogP contribution is 2.38. The van der Waals surface area contributed by atoms with Gasteiger partial charge in [0.25, 0.3) is 0 Å². The Bertz CT molecular complexity index is 591. The number of rotatable bonds is 3. The van der Waals surface area contributed by atoms with Crippen molar-refractivity contribution >= 4 is 11.6 Å². The molecule has 0 bridgehead atoms. The first-order valence-corrected chi connectivity index (χ1v) is 7.14. The van der Waals surface area contributed by atoms with Crippen LogP contribution in [0.25, 0.3) is 0 Å². The highest BCUT2D eigenvalue weighted by atomic mass is 35.5. The normalized spacial score (nSPS) is 19.6. The molecule has 1 aromatic carbocycles. The molecule has 106 valence electrons. The van der Waals surface area contributed by atoms with Crippen LogP contribution >= 0.6 is 11.6 Å². The maximum atomic E-state index is 6.29. The zero-order valence-corrected chi connectivity index (χ0v) is 12.4. The lowest BCUT2D eigenvalue weighted by Crippen LogP contribution is -2.31. The molecule has 1 aromatic heterocycles. The number of likely N-dealkylation sites (N-methyl/N-ethyl adjacent to an activating group) is 1. The molecule has 1 aliphatic rings. The van der Waals surface area contributed by atoms with Gasteiger partial charge < -0.3 is 10.1 Å². The van der Waals surface area contributed by atoms with Crippen molar-refractivity contribution in [3.05, 3.63) is 52.3 Å². The Morgan fingerprint density at radius 2 is 2.25 bits per heavy atom. The maximum absolute atomic E-state index is 6.29. The van der Waals surface area contributed by atoms with Gasteiger partial charge in [-0.25, -0.2) is 0 Å². The van der Waals surface area contributed by atoms with E-state index < -0.39 is 0 Å². The second-order valence-corrected chi connectivity index (χ2v) is 5.42. The summed E-state index contributed by atoms with van der Waals surface area (Å²) in [5, 5.41) is 8.22. The fourth-order valence-corrected chi connectivity index (χ4v) is 3.19. The molecule has 1 N–H and O–H groups in total. The highest BCUT2D eigenvalue weighted by Gasteiger charge is 2.32. The minimum Gasteiger partial charge on any atom is -0.371 e. The summed E-state index contributed by atoms with van der Waals surface area (Å²) >= 11 is 6.29. The zero-order chi connectivity index (χ0) is 14.1. The third-order valence-electron chi connectivity index (χ3n) is 3.88. The molecule has 0 spiro atoms. The summed E-state index contributed by atoms with van der Waals surface area (Å²) in [6, 6.07) is 8.41. The van der Waals surface area contributed by atoms with Crippen molar-refractivity contribution in [1.29, 1.82) is 0 Å². The van der Waals surface area contributed by atoms with Crippen molar-refractivity contribution in [3.63, 3.8) is 0 Å². The Labute approximate surface area is 123 Å². The first kappa shape index (κ1) is 13.6. The minimum atomic E-state index is -0.0437. The average Bonchev–Trinajstić information content (AvgIpc) is 2.81. The van der Waals surface area contributed by atoms with Gasteiger partial charge in [-0.15, -0.1) is 0 Å². The first-order chi connectivity index (χ1) is 9.72. The van der Waals surface area contributed by atoms with E-state index in [9.17, 15) is 0 Å². The molecular weight excluding hydrogens is 274 g/mol. The molecule has 0 amide bonds. The summed E-state index contributed by atoms with van der Waals surface area (Å²) in [5.74, 6) is 0. The van der Waals surface area contributed by atoms with E-state index in [1.165, 1.54) is 11.1 Å². The van der Waals surface area contributed by atoms with E-state index in [-0.39, 0.29) is 12.1 Å². The Balaban J connectivity index is 2.03. The molecule has 0 saturated carbocycles. The van der Waals surface area contributed by atoms with Crippen LogP contribution < -0.4 is 5.32 Å². The van der Waals surface area contributed by atoms with Gasteiger partial charge in [0.05, 0.1) is 29.6 Å². The fourth-order valence-electron chi connectivity index (χ4n) is 2.90. The molecule has 0 fully saturated rings. The topological polar surface area (TPSA) is 39.1 Å². The van der Waals surface area contributed by atoms with E-state index in [1.807, 2.05) is 18.8 Å². The van der Waals surface area contributed by atoms with Crippen LogP contribution in [0.2, 0.25) is 5.02 Å². The summed E-state index contributed by atoms with van der Waals surface area (Å²) < 4.78 is 7.84. The lowest BCUT2D eigenvalue weighted by Gasteiger charge is -2.32. The SMILES string of the molecule is CNC(c1c(Cl)cnn1C)C1OCCc2ccccc21. The summed E-state index contributed by atoms with van der Waals surface area (Å²) in [7, 11) is 3.83. The van der Waals surface area contributed by atoms with Gasteiger partial charge in [-0.2, -0.15) is 5.10 Å². The Kier molecular flexibility index (Phi) is 3.78. The number of hydrogen-bond acceptors (Lipinski definition) is 3. The number of aromatic nitrogens is 2. The van der Waals surface area contributed by atoms with Crippen LogP contribution in [0.15, 0.2) is 30.5 Å². The Morgan fingerprint density at radius 1 is 1.45 bits per heavy atom. The van der Waals surface area contributed by atoms with Gasteiger partial charge in [0, 0.05) is 7.05 Å². The van der Waals surface area contributed by atoms with Crippen LogP contribution in [0, 0.1) is 0 Å². The molecular formula is C15H18ClN3O. The van der Waals surface area contributed by atoms with Gasteiger partial charge in [-0.1, -0.05) is 35.9 Å². The van der Waals surface area contributed by atoms with Crippen LogP contribution in [0.5, 0.6) is 0 Å². The molecule has 1 aliphatic heterocycles. The van der Waals surface area contributed by atoms with Crippen LogP contribution in [0.4, 0.5) is 0 Å². The molecule has 20 heavy (non-hydrogen) atoms. The van der Waals surface area contributed by atoms with E-state index in [1.54, 1.807) is 6.20 Å². The van der Waals surface area contributed by atoms with E-state index >= 15 is 0 Å². The van der Waals surface area contributed by atoms with E-state index in [0.29, 0.717) is 5.02 Å². The number of hydrogen-bond donors (Lipinski definition) is 1. The van der Waals surface area contributed by atoms with Crippen LogP contribution in [-0.4, -0.2) is 23.4 Å². The van der Waals surface area contributed by atoms with Crippen molar-refractivity contribution in [1.82, 2.24) is 15.1 Å². The van der Waals surface area contributed by atoms with Crippen molar-refractivity contribution < 1.29 is 4.74 Å². The molecule has 0 saturated heterocycles. The van der Waals surface area contributed by atoms with Crippen LogP contribution in [0.3, 0.4) is 0 Å². The molecule has 0 radical (unpaired) electrons. The largest absolute Gasteiger partial charge is 0.371 e. The Hall–Kier alpha value is -1.36. The summed E-state index contributed by atoms with van der Waals surface area (Å²) in [4.78, 5) is 0. The van der Waals surface area contributed by atoms with Crippen molar-refractivity contribution in [2.75, 3.05) is 13.7 Å². The minimum absolute atomic E-state index is 0.0172. The average molecular weight is 292 g/mol. The third-order valence-corrected chi connectivity index (χ3v) is 4.17. The maximum Gasteiger partial charge on any atom is 0.104 e. The smallest absolute Gasteiger partial charge is 0.104 e. The van der Waals surface area contributed by atoms with E-state index in [2.05, 4.69) is 34.7 Å². The number of nitrogens with one attached hydrogen (secondary N) is 1. The predicted octanol–water partition coefficient (Wildman–Crippen LogP) is 2.65. The number of ether oxygens (including phenoxy) is 1. The Morgan fingerprint density at radius 3 is 2.95 bits per heavy atom. The quantitative estimate of drug-likeness (QED) is 0.945. The number of benzene rings is 1. The number of nitrogens with zero attached hydrogens (tertiary/aromatic N) is 2. The second kappa shape index (κ2) is 5.56. The molecule has 0 aliphatic carbocycles. The first-order valence-electron chi connectivity index (χ1n) is 6.76. The van der Waals surface area contributed by atoms with E-state index in [4.69, 9.17) is 16.3 Å².